The van der Waals surface area contributed by atoms with Gasteiger partial charge in [-0.2, -0.15) is 13.2 Å². The molecular formula is C13H13BrF3NO3. The molecule has 8 heteroatoms. The van der Waals surface area contributed by atoms with Gasteiger partial charge in [0.1, 0.15) is 0 Å². The summed E-state index contributed by atoms with van der Waals surface area (Å²) in [4.78, 5) is 22.7. The Labute approximate surface area is 127 Å². The Bertz CT molecular complexity index is 516. The van der Waals surface area contributed by atoms with Crippen LogP contribution < -0.4 is 0 Å². The minimum atomic E-state index is -4.65. The van der Waals surface area contributed by atoms with E-state index in [2.05, 4.69) is 15.9 Å². The highest BCUT2D eigenvalue weighted by Gasteiger charge is 2.45. The summed E-state index contributed by atoms with van der Waals surface area (Å²) in [5.74, 6) is -2.11. The number of carboxylic acids is 1. The molecule has 0 heterocycles. The average Bonchev–Trinajstić information content (AvgIpc) is 2.36. The van der Waals surface area contributed by atoms with Crippen LogP contribution in [0, 0.1) is 0 Å². The molecule has 0 aromatic heterocycles. The molecule has 0 aliphatic heterocycles. The van der Waals surface area contributed by atoms with Crippen molar-refractivity contribution in [3.63, 3.8) is 0 Å². The molecule has 1 N–H and O–H groups in total. The van der Waals surface area contributed by atoms with Gasteiger partial charge in [-0.1, -0.05) is 28.1 Å². The molecule has 0 saturated heterocycles. The molecule has 0 aliphatic rings. The van der Waals surface area contributed by atoms with Gasteiger partial charge in [0.25, 0.3) is 0 Å². The largest absolute Gasteiger partial charge is 0.481 e. The maximum Gasteiger partial charge on any atom is 0.413 e. The van der Waals surface area contributed by atoms with Gasteiger partial charge in [-0.15, -0.1) is 0 Å². The number of carbonyl (C=O) groups is 2. The van der Waals surface area contributed by atoms with Crippen molar-refractivity contribution in [2.45, 2.75) is 25.1 Å². The fraction of sp³-hybridized carbons (Fsp3) is 0.385. The number of carboxylic acid groups (broad SMARTS) is 1. The SMILES string of the molecule is CN(C(=O)CCC(=O)O)[C@@H](c1ccc(Br)cc1)C(F)(F)F. The Morgan fingerprint density at radius 2 is 1.76 bits per heavy atom. The number of halogens is 4. The minimum absolute atomic E-state index is 0.0862. The van der Waals surface area contributed by atoms with E-state index in [9.17, 15) is 22.8 Å². The van der Waals surface area contributed by atoms with Gasteiger partial charge >= 0.3 is 12.1 Å². The molecule has 1 atom stereocenters. The van der Waals surface area contributed by atoms with Gasteiger partial charge in [-0.3, -0.25) is 9.59 Å². The number of benzene rings is 1. The van der Waals surface area contributed by atoms with Gasteiger partial charge in [-0.05, 0) is 17.7 Å². The van der Waals surface area contributed by atoms with Crippen LogP contribution in [0.25, 0.3) is 0 Å². The Hall–Kier alpha value is -1.57. The first-order valence-corrected chi connectivity index (χ1v) is 6.72. The zero-order valence-electron chi connectivity index (χ0n) is 11.0. The van der Waals surface area contributed by atoms with Crippen LogP contribution in [0.5, 0.6) is 0 Å². The second kappa shape index (κ2) is 6.93. The number of nitrogens with zero attached hydrogens (tertiary/aromatic N) is 1. The van der Waals surface area contributed by atoms with Crippen molar-refractivity contribution in [1.29, 1.82) is 0 Å². The highest BCUT2D eigenvalue weighted by atomic mass is 79.9. The lowest BCUT2D eigenvalue weighted by Crippen LogP contribution is -2.39. The molecule has 116 valence electrons. The van der Waals surface area contributed by atoms with E-state index in [4.69, 9.17) is 5.11 Å². The van der Waals surface area contributed by atoms with Crippen LogP contribution in [-0.2, 0) is 9.59 Å². The van der Waals surface area contributed by atoms with E-state index in [0.29, 0.717) is 9.37 Å². The third-order valence-corrected chi connectivity index (χ3v) is 3.36. The van der Waals surface area contributed by atoms with Crippen LogP contribution in [0.2, 0.25) is 0 Å². The smallest absolute Gasteiger partial charge is 0.413 e. The van der Waals surface area contributed by atoms with E-state index in [1.165, 1.54) is 24.3 Å². The Morgan fingerprint density at radius 1 is 1.24 bits per heavy atom. The molecule has 0 fully saturated rings. The van der Waals surface area contributed by atoms with Gasteiger partial charge in [-0.25, -0.2) is 0 Å². The third-order valence-electron chi connectivity index (χ3n) is 2.83. The first-order chi connectivity index (χ1) is 9.62. The number of amides is 1. The Morgan fingerprint density at radius 3 is 2.19 bits per heavy atom. The van der Waals surface area contributed by atoms with Crippen molar-refractivity contribution < 1.29 is 27.9 Å². The van der Waals surface area contributed by atoms with E-state index in [-0.39, 0.29) is 5.56 Å². The van der Waals surface area contributed by atoms with E-state index >= 15 is 0 Å². The standard InChI is InChI=1S/C13H13BrF3NO3/c1-18(10(19)6-7-11(20)21)12(13(15,16)17)8-2-4-9(14)5-3-8/h2-5,12H,6-7H2,1H3,(H,20,21)/t12-/m0/s1. The summed E-state index contributed by atoms with van der Waals surface area (Å²) in [7, 11) is 1.02. The van der Waals surface area contributed by atoms with Crippen LogP contribution in [0.15, 0.2) is 28.7 Å². The highest BCUT2D eigenvalue weighted by molar-refractivity contribution is 9.10. The van der Waals surface area contributed by atoms with Crippen LogP contribution >= 0.6 is 15.9 Å². The zero-order chi connectivity index (χ0) is 16.2. The number of hydrogen-bond acceptors (Lipinski definition) is 2. The summed E-state index contributed by atoms with van der Waals surface area (Å²) >= 11 is 3.12. The molecule has 1 aromatic carbocycles. The van der Waals surface area contributed by atoms with Crippen LogP contribution in [0.3, 0.4) is 0 Å². The van der Waals surface area contributed by atoms with Gasteiger partial charge in [0, 0.05) is 17.9 Å². The van der Waals surface area contributed by atoms with Crippen molar-refractivity contribution in [3.8, 4) is 0 Å². The maximum absolute atomic E-state index is 13.2. The van der Waals surface area contributed by atoms with Crippen molar-refractivity contribution >= 4 is 27.8 Å². The van der Waals surface area contributed by atoms with Crippen molar-refractivity contribution in [1.82, 2.24) is 4.90 Å². The summed E-state index contributed by atoms with van der Waals surface area (Å²) in [5.41, 5.74) is -0.0862. The number of alkyl halides is 3. The fourth-order valence-corrected chi connectivity index (χ4v) is 2.08. The topological polar surface area (TPSA) is 57.6 Å². The lowest BCUT2D eigenvalue weighted by molar-refractivity contribution is -0.189. The molecule has 1 amide bonds. The zero-order valence-corrected chi connectivity index (χ0v) is 12.6. The summed E-state index contributed by atoms with van der Waals surface area (Å²) < 4.78 is 40.2. The summed E-state index contributed by atoms with van der Waals surface area (Å²) in [5, 5.41) is 8.49. The van der Waals surface area contributed by atoms with Crippen molar-refractivity contribution in [3.05, 3.63) is 34.3 Å². The molecule has 21 heavy (non-hydrogen) atoms. The minimum Gasteiger partial charge on any atom is -0.481 e. The number of hydrogen-bond donors (Lipinski definition) is 1. The molecule has 1 rings (SSSR count). The van der Waals surface area contributed by atoms with Gasteiger partial charge in [0.05, 0.1) is 6.42 Å². The second-order valence-electron chi connectivity index (χ2n) is 4.39. The van der Waals surface area contributed by atoms with Crippen molar-refractivity contribution in [2.24, 2.45) is 0 Å². The fourth-order valence-electron chi connectivity index (χ4n) is 1.81. The maximum atomic E-state index is 13.2. The summed E-state index contributed by atoms with van der Waals surface area (Å²) in [6.07, 6.45) is -5.63. The monoisotopic (exact) mass is 367 g/mol. The van der Waals surface area contributed by atoms with Gasteiger partial charge < -0.3 is 10.0 Å². The second-order valence-corrected chi connectivity index (χ2v) is 5.31. The normalized spacial score (nSPS) is 12.8. The van der Waals surface area contributed by atoms with E-state index in [0.717, 1.165) is 7.05 Å². The Kier molecular flexibility index (Phi) is 5.77. The molecule has 0 saturated carbocycles. The molecule has 0 radical (unpaired) electrons. The molecule has 4 nitrogen and oxygen atoms in total. The predicted molar refractivity (Wildman–Crippen MR) is 72.6 cm³/mol. The average molecular weight is 368 g/mol. The highest BCUT2D eigenvalue weighted by Crippen LogP contribution is 2.37. The summed E-state index contributed by atoms with van der Waals surface area (Å²) in [6.45, 7) is 0. The predicted octanol–water partition coefficient (Wildman–Crippen LogP) is 3.38. The van der Waals surface area contributed by atoms with Gasteiger partial charge in [0.2, 0.25) is 5.91 Å². The summed E-state index contributed by atoms with van der Waals surface area (Å²) in [6, 6.07) is 3.33. The van der Waals surface area contributed by atoms with E-state index in [1.54, 1.807) is 0 Å². The molecule has 1 aromatic rings. The number of carbonyl (C=O) groups excluding carboxylic acids is 1. The van der Waals surface area contributed by atoms with E-state index < -0.39 is 36.9 Å². The van der Waals surface area contributed by atoms with Crippen LogP contribution in [0.4, 0.5) is 13.2 Å². The quantitative estimate of drug-likeness (QED) is 0.867. The Balaban J connectivity index is 3.00. The molecule has 0 bridgehead atoms. The lowest BCUT2D eigenvalue weighted by atomic mass is 10.0. The van der Waals surface area contributed by atoms with Crippen molar-refractivity contribution in [2.75, 3.05) is 7.05 Å². The van der Waals surface area contributed by atoms with Crippen LogP contribution in [0.1, 0.15) is 24.4 Å². The van der Waals surface area contributed by atoms with Gasteiger partial charge in [0.15, 0.2) is 6.04 Å². The van der Waals surface area contributed by atoms with E-state index in [1.807, 2.05) is 0 Å². The number of aliphatic carboxylic acids is 1. The third kappa shape index (κ3) is 5.04. The first-order valence-electron chi connectivity index (χ1n) is 5.92. The molecular weight excluding hydrogens is 355 g/mol. The number of rotatable bonds is 5. The van der Waals surface area contributed by atoms with Crippen LogP contribution in [-0.4, -0.2) is 35.1 Å². The lowest BCUT2D eigenvalue weighted by Gasteiger charge is -2.30. The molecule has 0 aliphatic carbocycles. The first kappa shape index (κ1) is 17.5. The molecule has 0 unspecified atom stereocenters. The molecule has 0 spiro atoms.